The van der Waals surface area contributed by atoms with Crippen LogP contribution in [0.4, 0.5) is 5.69 Å². The van der Waals surface area contributed by atoms with Crippen LogP contribution in [0.2, 0.25) is 0 Å². The van der Waals surface area contributed by atoms with E-state index in [0.29, 0.717) is 37.0 Å². The number of carbonyl (C=O) groups is 2. The van der Waals surface area contributed by atoms with Gasteiger partial charge in [0.15, 0.2) is 0 Å². The lowest BCUT2D eigenvalue weighted by Crippen LogP contribution is -2.42. The molecule has 0 radical (unpaired) electrons. The molecule has 2 heterocycles. The van der Waals surface area contributed by atoms with Gasteiger partial charge in [-0.25, -0.2) is 0 Å². The molecule has 1 aromatic rings. The Morgan fingerprint density at radius 2 is 2.00 bits per heavy atom. The first-order valence-corrected chi connectivity index (χ1v) is 9.54. The van der Waals surface area contributed by atoms with E-state index in [9.17, 15) is 9.59 Å². The van der Waals surface area contributed by atoms with Crippen LogP contribution >= 0.6 is 12.4 Å². The number of piperidine rings is 1. The van der Waals surface area contributed by atoms with Crippen LogP contribution in [-0.4, -0.2) is 44.6 Å². The molecule has 2 N–H and O–H groups in total. The van der Waals surface area contributed by atoms with Crippen molar-refractivity contribution in [2.24, 2.45) is 11.8 Å². The first kappa shape index (κ1) is 21.5. The summed E-state index contributed by atoms with van der Waals surface area (Å²) < 4.78 is 5.36. The van der Waals surface area contributed by atoms with Gasteiger partial charge in [0, 0.05) is 13.0 Å². The van der Waals surface area contributed by atoms with Crippen molar-refractivity contribution in [3.05, 3.63) is 24.3 Å². The fraction of sp³-hybridized carbons (Fsp3) is 0.600. The second-order valence-electron chi connectivity index (χ2n) is 7.34. The maximum atomic E-state index is 12.7. The van der Waals surface area contributed by atoms with E-state index in [-0.39, 0.29) is 24.2 Å². The predicted octanol–water partition coefficient (Wildman–Crippen LogP) is 2.36. The third-order valence-corrected chi connectivity index (χ3v) is 5.61. The molecule has 3 rings (SSSR count). The zero-order chi connectivity index (χ0) is 18.5. The minimum absolute atomic E-state index is 0. The molecule has 0 saturated carbocycles. The Balaban J connectivity index is 0.00000261. The number of benzene rings is 1. The van der Waals surface area contributed by atoms with E-state index in [4.69, 9.17) is 4.74 Å². The Hall–Kier alpha value is -1.79. The van der Waals surface area contributed by atoms with E-state index in [0.717, 1.165) is 31.6 Å². The first-order chi connectivity index (χ1) is 12.6. The summed E-state index contributed by atoms with van der Waals surface area (Å²) in [5.41, 5.74) is 0.764. The number of hydrogen-bond donors (Lipinski definition) is 2. The zero-order valence-electron chi connectivity index (χ0n) is 16.1. The molecule has 2 unspecified atom stereocenters. The van der Waals surface area contributed by atoms with Crippen LogP contribution in [0.15, 0.2) is 24.3 Å². The number of carbonyl (C=O) groups excluding carboxylic acids is 2. The van der Waals surface area contributed by atoms with Crippen molar-refractivity contribution in [2.45, 2.75) is 38.6 Å². The van der Waals surface area contributed by atoms with Crippen LogP contribution in [0.3, 0.4) is 0 Å². The van der Waals surface area contributed by atoms with Crippen molar-refractivity contribution in [3.8, 4) is 5.75 Å². The van der Waals surface area contributed by atoms with E-state index in [1.165, 1.54) is 0 Å². The second kappa shape index (κ2) is 9.95. The van der Waals surface area contributed by atoms with Gasteiger partial charge < -0.3 is 20.3 Å². The van der Waals surface area contributed by atoms with E-state index in [1.54, 1.807) is 12.0 Å². The van der Waals surface area contributed by atoms with Gasteiger partial charge in [0.2, 0.25) is 11.8 Å². The van der Waals surface area contributed by atoms with Crippen molar-refractivity contribution >= 4 is 29.9 Å². The standard InChI is InChI=1S/C20H29N3O3.ClH/c1-14(15-7-10-21-11-8-15)13-19(24)22-16-9-12-23(20(16)25)17-5-3-4-6-18(17)26-2;/h3-6,14-16,21H,7-13H2,1-2H3,(H,22,24);1H. The van der Waals surface area contributed by atoms with Crippen LogP contribution in [-0.2, 0) is 9.59 Å². The Morgan fingerprint density at radius 1 is 1.30 bits per heavy atom. The minimum atomic E-state index is -0.437. The molecule has 0 aromatic heterocycles. The van der Waals surface area contributed by atoms with Gasteiger partial charge in [-0.3, -0.25) is 9.59 Å². The smallest absolute Gasteiger partial charge is 0.249 e. The number of amides is 2. The number of para-hydroxylation sites is 2. The van der Waals surface area contributed by atoms with Gasteiger partial charge in [0.05, 0.1) is 12.8 Å². The average molecular weight is 396 g/mol. The minimum Gasteiger partial charge on any atom is -0.495 e. The number of anilines is 1. The first-order valence-electron chi connectivity index (χ1n) is 9.54. The summed E-state index contributed by atoms with van der Waals surface area (Å²) in [6.07, 6.45) is 3.37. The molecule has 2 aliphatic heterocycles. The third-order valence-electron chi connectivity index (χ3n) is 5.61. The number of hydrogen-bond acceptors (Lipinski definition) is 4. The normalized spacial score (nSPS) is 21.5. The molecule has 150 valence electrons. The molecule has 7 heteroatoms. The Kier molecular flexibility index (Phi) is 7.92. The molecule has 2 atom stereocenters. The van der Waals surface area contributed by atoms with Gasteiger partial charge in [-0.1, -0.05) is 19.1 Å². The van der Waals surface area contributed by atoms with Gasteiger partial charge in [-0.2, -0.15) is 0 Å². The number of halogens is 1. The maximum absolute atomic E-state index is 12.7. The highest BCUT2D eigenvalue weighted by atomic mass is 35.5. The van der Waals surface area contributed by atoms with Crippen molar-refractivity contribution in [1.82, 2.24) is 10.6 Å². The Bertz CT molecular complexity index is 649. The van der Waals surface area contributed by atoms with Crippen LogP contribution in [0.1, 0.15) is 32.6 Å². The van der Waals surface area contributed by atoms with Gasteiger partial charge in [-0.15, -0.1) is 12.4 Å². The molecular formula is C20H30ClN3O3. The summed E-state index contributed by atoms with van der Waals surface area (Å²) in [6, 6.07) is 7.05. The molecule has 2 saturated heterocycles. The molecule has 2 amide bonds. The van der Waals surface area contributed by atoms with Crippen molar-refractivity contribution in [2.75, 3.05) is 31.6 Å². The monoisotopic (exact) mass is 395 g/mol. The highest BCUT2D eigenvalue weighted by Gasteiger charge is 2.35. The van der Waals surface area contributed by atoms with Crippen molar-refractivity contribution in [3.63, 3.8) is 0 Å². The maximum Gasteiger partial charge on any atom is 0.249 e. The van der Waals surface area contributed by atoms with E-state index >= 15 is 0 Å². The van der Waals surface area contributed by atoms with Crippen molar-refractivity contribution in [1.29, 1.82) is 0 Å². The van der Waals surface area contributed by atoms with Gasteiger partial charge in [0.1, 0.15) is 11.8 Å². The van der Waals surface area contributed by atoms with Crippen molar-refractivity contribution < 1.29 is 14.3 Å². The molecule has 0 aliphatic carbocycles. The van der Waals surface area contributed by atoms with Gasteiger partial charge >= 0.3 is 0 Å². The highest BCUT2D eigenvalue weighted by Crippen LogP contribution is 2.31. The lowest BCUT2D eigenvalue weighted by Gasteiger charge is -2.28. The summed E-state index contributed by atoms with van der Waals surface area (Å²) in [6.45, 7) is 4.80. The third kappa shape index (κ3) is 5.14. The van der Waals surface area contributed by atoms with E-state index in [1.807, 2.05) is 24.3 Å². The molecule has 0 bridgehead atoms. The number of ether oxygens (including phenoxy) is 1. The fourth-order valence-electron chi connectivity index (χ4n) is 4.03. The largest absolute Gasteiger partial charge is 0.495 e. The second-order valence-corrected chi connectivity index (χ2v) is 7.34. The molecular weight excluding hydrogens is 366 g/mol. The van der Waals surface area contributed by atoms with Crippen LogP contribution in [0.25, 0.3) is 0 Å². The van der Waals surface area contributed by atoms with E-state index < -0.39 is 6.04 Å². The quantitative estimate of drug-likeness (QED) is 0.775. The number of nitrogens with one attached hydrogen (secondary N) is 2. The van der Waals surface area contributed by atoms with Gasteiger partial charge in [-0.05, 0) is 56.3 Å². The lowest BCUT2D eigenvalue weighted by atomic mass is 9.84. The lowest BCUT2D eigenvalue weighted by molar-refractivity contribution is -0.127. The molecule has 1 aromatic carbocycles. The Morgan fingerprint density at radius 3 is 2.70 bits per heavy atom. The fourth-order valence-corrected chi connectivity index (χ4v) is 4.03. The highest BCUT2D eigenvalue weighted by molar-refractivity contribution is 6.02. The SMILES string of the molecule is COc1ccccc1N1CCC(NC(=O)CC(C)C2CCNCC2)C1=O.Cl. The summed E-state index contributed by atoms with van der Waals surface area (Å²) in [5.74, 6) is 1.53. The van der Waals surface area contributed by atoms with E-state index in [2.05, 4.69) is 17.6 Å². The molecule has 2 aliphatic rings. The summed E-state index contributed by atoms with van der Waals surface area (Å²) >= 11 is 0. The summed E-state index contributed by atoms with van der Waals surface area (Å²) in [7, 11) is 1.60. The number of nitrogens with zero attached hydrogens (tertiary/aromatic N) is 1. The van der Waals surface area contributed by atoms with Crippen LogP contribution in [0.5, 0.6) is 5.75 Å². The van der Waals surface area contributed by atoms with Gasteiger partial charge in [0.25, 0.3) is 0 Å². The Labute approximate surface area is 167 Å². The molecule has 27 heavy (non-hydrogen) atoms. The van der Waals surface area contributed by atoms with Crippen LogP contribution < -0.4 is 20.3 Å². The zero-order valence-corrected chi connectivity index (χ0v) is 16.9. The predicted molar refractivity (Wildman–Crippen MR) is 109 cm³/mol. The number of rotatable bonds is 6. The molecule has 2 fully saturated rings. The van der Waals surface area contributed by atoms with Crippen LogP contribution in [0, 0.1) is 11.8 Å². The number of methoxy groups -OCH3 is 1. The molecule has 6 nitrogen and oxygen atoms in total. The summed E-state index contributed by atoms with van der Waals surface area (Å²) in [5, 5.41) is 6.31. The summed E-state index contributed by atoms with van der Waals surface area (Å²) in [4.78, 5) is 26.9. The molecule has 0 spiro atoms. The topological polar surface area (TPSA) is 70.7 Å². The average Bonchev–Trinajstić information content (AvgIpc) is 3.02.